The smallest absolute Gasteiger partial charge is 0.196 e. The van der Waals surface area contributed by atoms with E-state index in [4.69, 9.17) is 15.2 Å². The molecule has 0 amide bonds. The third-order valence-corrected chi connectivity index (χ3v) is 3.44. The van der Waals surface area contributed by atoms with E-state index in [0.29, 0.717) is 26.2 Å². The standard InChI is InChI=1S/C15H23NO2/c1-2-3-4-13-5-7-14(8-6-13)15(9-10-16)17-11-12-18-15/h5-8H,2-4,9-12,16H2,1H3. The van der Waals surface area contributed by atoms with Crippen LogP contribution in [-0.2, 0) is 21.7 Å². The highest BCUT2D eigenvalue weighted by molar-refractivity contribution is 5.26. The molecular formula is C15H23NO2. The predicted octanol–water partition coefficient (Wildman–Crippen LogP) is 2.58. The molecule has 1 aliphatic heterocycles. The van der Waals surface area contributed by atoms with Gasteiger partial charge < -0.3 is 15.2 Å². The second-order valence-corrected chi connectivity index (χ2v) is 4.79. The number of hydrogen-bond acceptors (Lipinski definition) is 3. The quantitative estimate of drug-likeness (QED) is 0.842. The highest BCUT2D eigenvalue weighted by Crippen LogP contribution is 2.34. The van der Waals surface area contributed by atoms with Crippen molar-refractivity contribution in [2.75, 3.05) is 19.8 Å². The summed E-state index contributed by atoms with van der Waals surface area (Å²) in [4.78, 5) is 0. The van der Waals surface area contributed by atoms with E-state index in [-0.39, 0.29) is 0 Å². The van der Waals surface area contributed by atoms with Crippen molar-refractivity contribution in [2.45, 2.75) is 38.4 Å². The summed E-state index contributed by atoms with van der Waals surface area (Å²) in [5.74, 6) is -0.599. The summed E-state index contributed by atoms with van der Waals surface area (Å²) in [6.45, 7) is 4.08. The van der Waals surface area contributed by atoms with Crippen LogP contribution in [0.4, 0.5) is 0 Å². The van der Waals surface area contributed by atoms with Gasteiger partial charge in [0.05, 0.1) is 13.2 Å². The van der Waals surface area contributed by atoms with Gasteiger partial charge in [-0.05, 0) is 24.9 Å². The van der Waals surface area contributed by atoms with Gasteiger partial charge in [0.1, 0.15) is 0 Å². The highest BCUT2D eigenvalue weighted by atomic mass is 16.7. The monoisotopic (exact) mass is 249 g/mol. The van der Waals surface area contributed by atoms with E-state index in [1.54, 1.807) is 0 Å². The molecule has 0 aliphatic carbocycles. The van der Waals surface area contributed by atoms with E-state index in [1.165, 1.54) is 18.4 Å². The zero-order valence-corrected chi connectivity index (χ0v) is 11.2. The minimum atomic E-state index is -0.599. The summed E-state index contributed by atoms with van der Waals surface area (Å²) >= 11 is 0. The lowest BCUT2D eigenvalue weighted by Gasteiger charge is -2.27. The van der Waals surface area contributed by atoms with Gasteiger partial charge in [0.2, 0.25) is 0 Å². The Balaban J connectivity index is 2.11. The number of hydrogen-bond donors (Lipinski definition) is 1. The Morgan fingerprint density at radius 3 is 2.39 bits per heavy atom. The molecule has 1 aliphatic rings. The number of benzene rings is 1. The summed E-state index contributed by atoms with van der Waals surface area (Å²) in [7, 11) is 0. The molecule has 0 spiro atoms. The van der Waals surface area contributed by atoms with Crippen LogP contribution in [0.5, 0.6) is 0 Å². The molecule has 3 nitrogen and oxygen atoms in total. The lowest BCUT2D eigenvalue weighted by Crippen LogP contribution is -2.30. The van der Waals surface area contributed by atoms with Crippen LogP contribution in [0.25, 0.3) is 0 Å². The van der Waals surface area contributed by atoms with E-state index in [0.717, 1.165) is 12.0 Å². The second-order valence-electron chi connectivity index (χ2n) is 4.79. The van der Waals surface area contributed by atoms with Crippen LogP contribution in [0.3, 0.4) is 0 Å². The van der Waals surface area contributed by atoms with Gasteiger partial charge >= 0.3 is 0 Å². The Kier molecular flexibility index (Phi) is 4.75. The maximum absolute atomic E-state index is 5.79. The summed E-state index contributed by atoms with van der Waals surface area (Å²) < 4.78 is 11.6. The fourth-order valence-electron chi connectivity index (χ4n) is 2.41. The number of aryl methyl sites for hydroxylation is 1. The van der Waals surface area contributed by atoms with Gasteiger partial charge in [0.25, 0.3) is 0 Å². The minimum absolute atomic E-state index is 0.567. The molecule has 1 aromatic rings. The van der Waals surface area contributed by atoms with Crippen LogP contribution >= 0.6 is 0 Å². The van der Waals surface area contributed by atoms with Crippen LogP contribution in [0, 0.1) is 0 Å². The van der Waals surface area contributed by atoms with E-state index < -0.39 is 5.79 Å². The molecule has 0 aromatic heterocycles. The number of nitrogens with two attached hydrogens (primary N) is 1. The fraction of sp³-hybridized carbons (Fsp3) is 0.600. The molecular weight excluding hydrogens is 226 g/mol. The summed E-state index contributed by atoms with van der Waals surface area (Å²) in [6.07, 6.45) is 4.31. The van der Waals surface area contributed by atoms with Crippen molar-refractivity contribution in [1.82, 2.24) is 0 Å². The van der Waals surface area contributed by atoms with Crippen molar-refractivity contribution in [3.05, 3.63) is 35.4 Å². The van der Waals surface area contributed by atoms with Gasteiger partial charge in [-0.3, -0.25) is 0 Å². The van der Waals surface area contributed by atoms with Crippen LogP contribution in [0.15, 0.2) is 24.3 Å². The molecule has 1 heterocycles. The van der Waals surface area contributed by atoms with Gasteiger partial charge in [-0.15, -0.1) is 0 Å². The zero-order chi connectivity index (χ0) is 12.8. The first-order chi connectivity index (χ1) is 8.80. The molecule has 1 aromatic carbocycles. The van der Waals surface area contributed by atoms with Crippen molar-refractivity contribution in [1.29, 1.82) is 0 Å². The molecule has 0 radical (unpaired) electrons. The molecule has 18 heavy (non-hydrogen) atoms. The average Bonchev–Trinajstić information content (AvgIpc) is 2.87. The Hall–Kier alpha value is -0.900. The zero-order valence-electron chi connectivity index (χ0n) is 11.2. The first-order valence-corrected chi connectivity index (χ1v) is 6.88. The summed E-state index contributed by atoms with van der Waals surface area (Å²) in [5, 5.41) is 0. The summed E-state index contributed by atoms with van der Waals surface area (Å²) in [5.41, 5.74) is 8.13. The van der Waals surface area contributed by atoms with Crippen LogP contribution in [0.1, 0.15) is 37.3 Å². The molecule has 100 valence electrons. The van der Waals surface area contributed by atoms with E-state index >= 15 is 0 Å². The summed E-state index contributed by atoms with van der Waals surface area (Å²) in [6, 6.07) is 8.58. The van der Waals surface area contributed by atoms with Gasteiger partial charge in [-0.1, -0.05) is 37.6 Å². The predicted molar refractivity (Wildman–Crippen MR) is 72.3 cm³/mol. The highest BCUT2D eigenvalue weighted by Gasteiger charge is 2.37. The topological polar surface area (TPSA) is 44.5 Å². The molecule has 0 saturated carbocycles. The van der Waals surface area contributed by atoms with Crippen molar-refractivity contribution in [3.8, 4) is 0 Å². The number of ether oxygens (including phenoxy) is 2. The first kappa shape index (κ1) is 13.5. The molecule has 1 saturated heterocycles. The van der Waals surface area contributed by atoms with Crippen molar-refractivity contribution in [3.63, 3.8) is 0 Å². The van der Waals surface area contributed by atoms with E-state index in [2.05, 4.69) is 31.2 Å². The van der Waals surface area contributed by atoms with Gasteiger partial charge in [-0.2, -0.15) is 0 Å². The fourth-order valence-corrected chi connectivity index (χ4v) is 2.41. The molecule has 0 unspecified atom stereocenters. The Morgan fingerprint density at radius 1 is 1.17 bits per heavy atom. The lowest BCUT2D eigenvalue weighted by molar-refractivity contribution is -0.168. The van der Waals surface area contributed by atoms with Gasteiger partial charge in [-0.25, -0.2) is 0 Å². The second kappa shape index (κ2) is 6.32. The van der Waals surface area contributed by atoms with Crippen molar-refractivity contribution >= 4 is 0 Å². The van der Waals surface area contributed by atoms with Crippen LogP contribution < -0.4 is 5.73 Å². The maximum atomic E-state index is 5.79. The number of rotatable bonds is 6. The van der Waals surface area contributed by atoms with Crippen LogP contribution in [-0.4, -0.2) is 19.8 Å². The lowest BCUT2D eigenvalue weighted by atomic mass is 9.99. The van der Waals surface area contributed by atoms with Crippen molar-refractivity contribution in [2.24, 2.45) is 5.73 Å². The minimum Gasteiger partial charge on any atom is -0.343 e. The van der Waals surface area contributed by atoms with Crippen molar-refractivity contribution < 1.29 is 9.47 Å². The Labute approximate surface area is 109 Å². The first-order valence-electron chi connectivity index (χ1n) is 6.88. The van der Waals surface area contributed by atoms with Gasteiger partial charge in [0, 0.05) is 12.0 Å². The number of unbranched alkanes of at least 4 members (excludes halogenated alkanes) is 1. The molecule has 1 fully saturated rings. The van der Waals surface area contributed by atoms with Gasteiger partial charge in [0.15, 0.2) is 5.79 Å². The SMILES string of the molecule is CCCCc1ccc(C2(CCN)OCCO2)cc1. The molecule has 3 heteroatoms. The molecule has 2 N–H and O–H groups in total. The van der Waals surface area contributed by atoms with E-state index in [1.807, 2.05) is 0 Å². The van der Waals surface area contributed by atoms with E-state index in [9.17, 15) is 0 Å². The largest absolute Gasteiger partial charge is 0.343 e. The third kappa shape index (κ3) is 2.91. The Bertz CT molecular complexity index is 355. The molecule has 0 atom stereocenters. The normalized spacial score (nSPS) is 18.1. The average molecular weight is 249 g/mol. The molecule has 2 rings (SSSR count). The maximum Gasteiger partial charge on any atom is 0.196 e. The Morgan fingerprint density at radius 2 is 1.83 bits per heavy atom. The molecule has 0 bridgehead atoms. The third-order valence-electron chi connectivity index (χ3n) is 3.44. The van der Waals surface area contributed by atoms with Crippen LogP contribution in [0.2, 0.25) is 0 Å².